The summed E-state index contributed by atoms with van der Waals surface area (Å²) in [5.74, 6) is -0.442. The van der Waals surface area contributed by atoms with Gasteiger partial charge in [0.25, 0.3) is 0 Å². The smallest absolute Gasteiger partial charge is 0.197 e. The molecule has 2 heterocycles. The monoisotopic (exact) mass is 609 g/mol. The Hall–Kier alpha value is -4.74. The number of nitrogens with zero attached hydrogens (tertiary/aromatic N) is 1. The first kappa shape index (κ1) is 29.0. The third-order valence-electron chi connectivity index (χ3n) is 8.58. The largest absolute Gasteiger partial charge is 0.455 e. The molecule has 0 fully saturated rings. The van der Waals surface area contributed by atoms with E-state index in [1.165, 1.54) is 22.5 Å². The van der Waals surface area contributed by atoms with Crippen LogP contribution in [0.4, 0.5) is 17.1 Å². The van der Waals surface area contributed by atoms with Crippen LogP contribution in [0.15, 0.2) is 107 Å². The topological polar surface area (TPSA) is 50.5 Å². The highest BCUT2D eigenvalue weighted by Crippen LogP contribution is 2.42. The summed E-state index contributed by atoms with van der Waals surface area (Å²) >= 11 is 1.53. The van der Waals surface area contributed by atoms with E-state index >= 15 is 0 Å². The first-order valence-electron chi connectivity index (χ1n) is 15.3. The lowest BCUT2D eigenvalue weighted by atomic mass is 9.86. The molecule has 45 heavy (non-hydrogen) atoms. The molecule has 0 N–H and O–H groups in total. The summed E-state index contributed by atoms with van der Waals surface area (Å²) in [6.07, 6.45) is 1.70. The van der Waals surface area contributed by atoms with Gasteiger partial charge in [0.1, 0.15) is 11.2 Å². The van der Waals surface area contributed by atoms with Crippen LogP contribution in [0.25, 0.3) is 27.3 Å². The van der Waals surface area contributed by atoms with Crippen LogP contribution in [0.3, 0.4) is 0 Å². The van der Waals surface area contributed by atoms with Crippen molar-refractivity contribution in [3.63, 3.8) is 0 Å². The number of ketones is 2. The Morgan fingerprint density at radius 3 is 1.64 bits per heavy atom. The molecule has 2 aromatic heterocycles. The number of thiophene rings is 1. The second-order valence-electron chi connectivity index (χ2n) is 13.8. The van der Waals surface area contributed by atoms with E-state index in [-0.39, 0.29) is 28.0 Å². The molecule has 5 heteroatoms. The second-order valence-corrected chi connectivity index (χ2v) is 14.9. The fourth-order valence-electron chi connectivity index (χ4n) is 5.98. The van der Waals surface area contributed by atoms with Crippen molar-refractivity contribution in [2.75, 3.05) is 4.90 Å². The molecule has 0 unspecified atom stereocenters. The zero-order valence-corrected chi connectivity index (χ0v) is 27.2. The summed E-state index contributed by atoms with van der Waals surface area (Å²) in [5, 5.41) is 1.00. The summed E-state index contributed by atoms with van der Waals surface area (Å²) in [6.45, 7) is 13.4. The van der Waals surface area contributed by atoms with Gasteiger partial charge in [0.2, 0.25) is 0 Å². The Labute approximate surface area is 267 Å². The number of carbonyl (C=O) groups is 2. The van der Waals surface area contributed by atoms with Crippen molar-refractivity contribution < 1.29 is 14.0 Å². The number of benzene rings is 4. The van der Waals surface area contributed by atoms with Crippen LogP contribution in [0.2, 0.25) is 0 Å². The number of fused-ring (bicyclic) bond motifs is 4. The summed E-state index contributed by atoms with van der Waals surface area (Å²) in [6, 6.07) is 32.8. The Bertz CT molecular complexity index is 2050. The predicted molar refractivity (Wildman–Crippen MR) is 187 cm³/mol. The third-order valence-corrected chi connectivity index (χ3v) is 9.68. The summed E-state index contributed by atoms with van der Waals surface area (Å²) < 4.78 is 7.38. The fraction of sp³-hybridized carbons (Fsp3) is 0.200. The van der Waals surface area contributed by atoms with Crippen molar-refractivity contribution in [1.29, 1.82) is 0 Å². The van der Waals surface area contributed by atoms with Crippen molar-refractivity contribution >= 4 is 67.3 Å². The van der Waals surface area contributed by atoms with Gasteiger partial charge in [-0.1, -0.05) is 90.1 Å². The Kier molecular flexibility index (Phi) is 6.72. The van der Waals surface area contributed by atoms with Crippen LogP contribution < -0.4 is 4.90 Å². The SMILES string of the molecule is CC(C)(C)c1ccc(N(c2ccc(C(C)(C)C)cc2)c2ccc3c(c2)oc2cc(C=C4C(=O)c5ccccc5C4=O)sc23)cc1. The van der Waals surface area contributed by atoms with Crippen molar-refractivity contribution in [2.24, 2.45) is 0 Å². The Morgan fingerprint density at radius 2 is 1.13 bits per heavy atom. The molecule has 0 amide bonds. The second kappa shape index (κ2) is 10.4. The molecular weight excluding hydrogens is 575 g/mol. The molecule has 7 rings (SSSR count). The molecule has 0 bridgehead atoms. The molecule has 0 spiro atoms. The van der Waals surface area contributed by atoms with E-state index in [2.05, 4.69) is 113 Å². The van der Waals surface area contributed by atoms with Crippen molar-refractivity contribution in [3.05, 3.63) is 130 Å². The van der Waals surface area contributed by atoms with Crippen LogP contribution in [-0.2, 0) is 10.8 Å². The van der Waals surface area contributed by atoms with Gasteiger partial charge in [0, 0.05) is 44.5 Å². The van der Waals surface area contributed by atoms with Crippen LogP contribution in [0.5, 0.6) is 0 Å². The number of hydrogen-bond donors (Lipinski definition) is 0. The molecular formula is C40H35NO3S. The highest BCUT2D eigenvalue weighted by molar-refractivity contribution is 7.20. The molecule has 1 aliphatic carbocycles. The molecule has 4 aromatic carbocycles. The van der Waals surface area contributed by atoms with Gasteiger partial charge in [-0.2, -0.15) is 0 Å². The lowest BCUT2D eigenvalue weighted by Gasteiger charge is -2.28. The van der Waals surface area contributed by atoms with Crippen LogP contribution in [0, 0.1) is 0 Å². The van der Waals surface area contributed by atoms with Gasteiger partial charge in [0.05, 0.1) is 10.3 Å². The van der Waals surface area contributed by atoms with Crippen molar-refractivity contribution in [3.8, 4) is 0 Å². The van der Waals surface area contributed by atoms with Crippen LogP contribution in [0.1, 0.15) is 78.3 Å². The minimum absolute atomic E-state index is 0.0631. The number of hydrogen-bond acceptors (Lipinski definition) is 5. The minimum Gasteiger partial charge on any atom is -0.455 e. The molecule has 6 aromatic rings. The number of Topliss-reactive ketones (excluding diaryl/α,β-unsaturated/α-hetero) is 2. The molecule has 0 saturated heterocycles. The number of furan rings is 1. The number of allylic oxidation sites excluding steroid dienone is 1. The van der Waals surface area contributed by atoms with Gasteiger partial charge >= 0.3 is 0 Å². The summed E-state index contributed by atoms with van der Waals surface area (Å²) in [5.41, 5.74) is 8.51. The number of rotatable bonds is 4. The van der Waals surface area contributed by atoms with E-state index in [4.69, 9.17) is 4.42 Å². The Morgan fingerprint density at radius 1 is 0.622 bits per heavy atom. The zero-order valence-electron chi connectivity index (χ0n) is 26.4. The quantitative estimate of drug-likeness (QED) is 0.147. The molecule has 0 saturated carbocycles. The Balaban J connectivity index is 1.28. The van der Waals surface area contributed by atoms with E-state index in [0.717, 1.165) is 43.2 Å². The first-order chi connectivity index (χ1) is 21.4. The minimum atomic E-state index is -0.221. The molecule has 0 atom stereocenters. The zero-order chi connectivity index (χ0) is 31.7. The maximum atomic E-state index is 12.9. The van der Waals surface area contributed by atoms with Gasteiger partial charge in [-0.15, -0.1) is 11.3 Å². The highest BCUT2D eigenvalue weighted by atomic mass is 32.1. The fourth-order valence-corrected chi connectivity index (χ4v) is 7.04. The van der Waals surface area contributed by atoms with Crippen molar-refractivity contribution in [1.82, 2.24) is 0 Å². The maximum Gasteiger partial charge on any atom is 0.197 e. The van der Waals surface area contributed by atoms with E-state index < -0.39 is 0 Å². The molecule has 1 aliphatic rings. The van der Waals surface area contributed by atoms with E-state index in [1.807, 2.05) is 6.07 Å². The standard InChI is InChI=1S/C40H35NO3S/c1-39(2,3)24-11-15-26(16-12-24)41(27-17-13-25(14-18-27)40(4,5)6)28-19-20-32-34(21-28)44-35-23-29(45-38(32)35)22-33-36(42)30-9-7-8-10-31(30)37(33)43/h7-23H,1-6H3. The molecule has 0 radical (unpaired) electrons. The summed E-state index contributed by atoms with van der Waals surface area (Å²) in [7, 11) is 0. The van der Waals surface area contributed by atoms with Crippen LogP contribution >= 0.6 is 11.3 Å². The lowest BCUT2D eigenvalue weighted by molar-refractivity contribution is 0.0990. The average molecular weight is 610 g/mol. The highest BCUT2D eigenvalue weighted by Gasteiger charge is 2.32. The lowest BCUT2D eigenvalue weighted by Crippen LogP contribution is -2.14. The van der Waals surface area contributed by atoms with Gasteiger partial charge in [-0.3, -0.25) is 9.59 Å². The van der Waals surface area contributed by atoms with Gasteiger partial charge in [-0.25, -0.2) is 0 Å². The van der Waals surface area contributed by atoms with Crippen molar-refractivity contribution in [2.45, 2.75) is 52.4 Å². The summed E-state index contributed by atoms with van der Waals surface area (Å²) in [4.78, 5) is 29.0. The van der Waals surface area contributed by atoms with Gasteiger partial charge < -0.3 is 9.32 Å². The first-order valence-corrected chi connectivity index (χ1v) is 16.1. The van der Waals surface area contributed by atoms with Gasteiger partial charge in [0.15, 0.2) is 11.6 Å². The molecule has 224 valence electrons. The van der Waals surface area contributed by atoms with E-state index in [0.29, 0.717) is 11.1 Å². The average Bonchev–Trinajstić information content (AvgIpc) is 3.63. The van der Waals surface area contributed by atoms with E-state index in [1.54, 1.807) is 30.3 Å². The molecule has 4 nitrogen and oxygen atoms in total. The maximum absolute atomic E-state index is 12.9. The van der Waals surface area contributed by atoms with E-state index in [9.17, 15) is 9.59 Å². The van der Waals surface area contributed by atoms with Gasteiger partial charge in [-0.05, 0) is 70.5 Å². The third kappa shape index (κ3) is 5.11. The normalized spacial score (nSPS) is 13.6. The molecule has 0 aliphatic heterocycles. The number of carbonyl (C=O) groups excluding carboxylic acids is 2. The predicted octanol–water partition coefficient (Wildman–Crippen LogP) is 11.2. The van der Waals surface area contributed by atoms with Crippen LogP contribution in [-0.4, -0.2) is 11.6 Å². The number of anilines is 3.